The summed E-state index contributed by atoms with van der Waals surface area (Å²) in [4.78, 5) is 15.8. The summed E-state index contributed by atoms with van der Waals surface area (Å²) in [5.74, 6) is 0.192. The predicted octanol–water partition coefficient (Wildman–Crippen LogP) is 0.605. The molecule has 1 rings (SSSR count). The molecular weight excluding hydrogens is 170 g/mol. The zero-order valence-corrected chi connectivity index (χ0v) is 8.17. The molecule has 4 nitrogen and oxygen atoms in total. The summed E-state index contributed by atoms with van der Waals surface area (Å²) in [7, 11) is 1.37. The van der Waals surface area contributed by atoms with Crippen molar-refractivity contribution < 1.29 is 14.7 Å². The van der Waals surface area contributed by atoms with Gasteiger partial charge in [0.1, 0.15) is 5.60 Å². The van der Waals surface area contributed by atoms with Crippen LogP contribution in [0.5, 0.6) is 0 Å². The van der Waals surface area contributed by atoms with E-state index in [2.05, 4.69) is 17.2 Å². The number of carbonyl (C=O) groups excluding carboxylic acids is 1. The van der Waals surface area contributed by atoms with Gasteiger partial charge in [-0.25, -0.2) is 5.48 Å². The molecule has 0 unspecified atom stereocenters. The highest BCUT2D eigenvalue weighted by Gasteiger charge is 2.38. The maximum atomic E-state index is 11.3. The van der Waals surface area contributed by atoms with E-state index < -0.39 is 11.5 Å². The Bertz CT molecular complexity index is 185. The Labute approximate surface area is 78.2 Å². The van der Waals surface area contributed by atoms with Crippen LogP contribution in [0.2, 0.25) is 0 Å². The molecule has 0 radical (unpaired) electrons. The number of carbonyl (C=O) groups is 1. The molecule has 1 amide bonds. The van der Waals surface area contributed by atoms with E-state index in [9.17, 15) is 9.90 Å². The smallest absolute Gasteiger partial charge is 0.275 e. The fourth-order valence-corrected chi connectivity index (χ4v) is 1.65. The van der Waals surface area contributed by atoms with Crippen LogP contribution in [0.25, 0.3) is 0 Å². The summed E-state index contributed by atoms with van der Waals surface area (Å²) in [5.41, 5.74) is 0.976. The normalized spacial score (nSPS) is 34.2. The van der Waals surface area contributed by atoms with Gasteiger partial charge in [0.15, 0.2) is 0 Å². The van der Waals surface area contributed by atoms with Gasteiger partial charge in [-0.05, 0) is 31.6 Å². The second-order valence-corrected chi connectivity index (χ2v) is 3.85. The van der Waals surface area contributed by atoms with E-state index in [0.717, 1.165) is 12.8 Å². The Morgan fingerprint density at radius 3 is 2.54 bits per heavy atom. The molecule has 76 valence electrons. The predicted molar refractivity (Wildman–Crippen MR) is 47.7 cm³/mol. The lowest BCUT2D eigenvalue weighted by Crippen LogP contribution is -2.48. The maximum absolute atomic E-state index is 11.3. The Morgan fingerprint density at radius 2 is 2.08 bits per heavy atom. The number of aliphatic hydroxyl groups is 1. The molecule has 0 heterocycles. The second-order valence-electron chi connectivity index (χ2n) is 3.85. The second kappa shape index (κ2) is 4.07. The third-order valence-corrected chi connectivity index (χ3v) is 2.72. The first-order valence-electron chi connectivity index (χ1n) is 4.64. The Morgan fingerprint density at radius 1 is 1.54 bits per heavy atom. The molecule has 1 aliphatic carbocycles. The van der Waals surface area contributed by atoms with Crippen LogP contribution in [0.4, 0.5) is 0 Å². The van der Waals surface area contributed by atoms with Crippen LogP contribution in [-0.4, -0.2) is 23.7 Å². The minimum absolute atomic E-state index is 0.415. The highest BCUT2D eigenvalue weighted by molar-refractivity contribution is 5.84. The summed E-state index contributed by atoms with van der Waals surface area (Å²) in [6.45, 7) is 2.13. The number of rotatable bonds is 2. The Kier molecular flexibility index (Phi) is 3.27. The van der Waals surface area contributed by atoms with Crippen LogP contribution in [0.3, 0.4) is 0 Å². The minimum Gasteiger partial charge on any atom is -0.380 e. The molecule has 0 aromatic heterocycles. The van der Waals surface area contributed by atoms with Crippen molar-refractivity contribution in [3.8, 4) is 0 Å². The van der Waals surface area contributed by atoms with E-state index in [1.807, 2.05) is 0 Å². The van der Waals surface area contributed by atoms with Gasteiger partial charge >= 0.3 is 0 Å². The first-order valence-corrected chi connectivity index (χ1v) is 4.64. The van der Waals surface area contributed by atoms with E-state index in [-0.39, 0.29) is 0 Å². The topological polar surface area (TPSA) is 58.6 Å². The molecule has 13 heavy (non-hydrogen) atoms. The first-order chi connectivity index (χ1) is 6.08. The van der Waals surface area contributed by atoms with Gasteiger partial charge in [0.25, 0.3) is 5.91 Å². The minimum atomic E-state index is -1.21. The van der Waals surface area contributed by atoms with Gasteiger partial charge in [0.05, 0.1) is 7.11 Å². The van der Waals surface area contributed by atoms with Crippen LogP contribution in [0, 0.1) is 5.92 Å². The van der Waals surface area contributed by atoms with Gasteiger partial charge in [-0.3, -0.25) is 9.63 Å². The molecule has 4 heteroatoms. The van der Waals surface area contributed by atoms with Crippen LogP contribution in [-0.2, 0) is 9.63 Å². The average molecular weight is 187 g/mol. The summed E-state index contributed by atoms with van der Waals surface area (Å²) in [6, 6.07) is 0. The summed E-state index contributed by atoms with van der Waals surface area (Å²) in [5, 5.41) is 9.90. The SMILES string of the molecule is CONC(=O)C1(O)CCC(C)CC1. The molecule has 0 saturated heterocycles. The van der Waals surface area contributed by atoms with Crippen molar-refractivity contribution in [1.82, 2.24) is 5.48 Å². The summed E-state index contributed by atoms with van der Waals surface area (Å²) in [6.07, 6.45) is 2.86. The maximum Gasteiger partial charge on any atom is 0.275 e. The summed E-state index contributed by atoms with van der Waals surface area (Å²) < 4.78 is 0. The zero-order chi connectivity index (χ0) is 9.90. The van der Waals surface area contributed by atoms with Crippen molar-refractivity contribution in [3.63, 3.8) is 0 Å². The number of hydrogen-bond donors (Lipinski definition) is 2. The molecule has 0 atom stereocenters. The van der Waals surface area contributed by atoms with Crippen molar-refractivity contribution >= 4 is 5.91 Å². The quantitative estimate of drug-likeness (QED) is 0.622. The van der Waals surface area contributed by atoms with Gasteiger partial charge < -0.3 is 5.11 Å². The molecule has 0 aliphatic heterocycles. The van der Waals surface area contributed by atoms with E-state index >= 15 is 0 Å². The van der Waals surface area contributed by atoms with Gasteiger partial charge in [-0.1, -0.05) is 6.92 Å². The van der Waals surface area contributed by atoms with Crippen molar-refractivity contribution in [1.29, 1.82) is 0 Å². The highest BCUT2D eigenvalue weighted by atomic mass is 16.6. The molecule has 0 aromatic rings. The third kappa shape index (κ3) is 2.42. The van der Waals surface area contributed by atoms with E-state index in [1.54, 1.807) is 0 Å². The standard InChI is InChI=1S/C9H17NO3/c1-7-3-5-9(12,6-4-7)8(11)10-13-2/h7,12H,3-6H2,1-2H3,(H,10,11). The van der Waals surface area contributed by atoms with E-state index in [0.29, 0.717) is 18.8 Å². The van der Waals surface area contributed by atoms with Gasteiger partial charge in [-0.15, -0.1) is 0 Å². The molecule has 1 saturated carbocycles. The van der Waals surface area contributed by atoms with Gasteiger partial charge in [-0.2, -0.15) is 0 Å². The number of nitrogens with one attached hydrogen (secondary N) is 1. The van der Waals surface area contributed by atoms with Crippen LogP contribution >= 0.6 is 0 Å². The van der Waals surface area contributed by atoms with Gasteiger partial charge in [0, 0.05) is 0 Å². The van der Waals surface area contributed by atoms with Gasteiger partial charge in [0.2, 0.25) is 0 Å². The Balaban J connectivity index is 2.51. The van der Waals surface area contributed by atoms with Crippen LogP contribution in [0.15, 0.2) is 0 Å². The fraction of sp³-hybridized carbons (Fsp3) is 0.889. The lowest BCUT2D eigenvalue weighted by atomic mass is 9.79. The molecule has 0 bridgehead atoms. The number of amides is 1. The lowest BCUT2D eigenvalue weighted by molar-refractivity contribution is -0.155. The number of hydrogen-bond acceptors (Lipinski definition) is 3. The van der Waals surface area contributed by atoms with E-state index in [1.165, 1.54) is 7.11 Å². The molecule has 1 fully saturated rings. The fourth-order valence-electron chi connectivity index (χ4n) is 1.65. The molecule has 0 aromatic carbocycles. The van der Waals surface area contributed by atoms with Crippen LogP contribution in [0.1, 0.15) is 32.6 Å². The van der Waals surface area contributed by atoms with Crippen molar-refractivity contribution in [2.24, 2.45) is 5.92 Å². The monoisotopic (exact) mass is 187 g/mol. The zero-order valence-electron chi connectivity index (χ0n) is 8.17. The van der Waals surface area contributed by atoms with Crippen LogP contribution < -0.4 is 5.48 Å². The molecule has 1 aliphatic rings. The third-order valence-electron chi connectivity index (χ3n) is 2.72. The molecule has 0 spiro atoms. The Hall–Kier alpha value is -0.610. The average Bonchev–Trinajstić information content (AvgIpc) is 2.11. The highest BCUT2D eigenvalue weighted by Crippen LogP contribution is 2.31. The van der Waals surface area contributed by atoms with Crippen molar-refractivity contribution in [2.45, 2.75) is 38.2 Å². The summed E-state index contributed by atoms with van der Waals surface area (Å²) >= 11 is 0. The lowest BCUT2D eigenvalue weighted by Gasteiger charge is -2.32. The molecular formula is C9H17NO3. The first kappa shape index (κ1) is 10.5. The van der Waals surface area contributed by atoms with E-state index in [4.69, 9.17) is 0 Å². The number of hydroxylamine groups is 1. The molecule has 2 N–H and O–H groups in total. The van der Waals surface area contributed by atoms with Crippen molar-refractivity contribution in [3.05, 3.63) is 0 Å². The van der Waals surface area contributed by atoms with Crippen molar-refractivity contribution in [2.75, 3.05) is 7.11 Å². The largest absolute Gasteiger partial charge is 0.380 e.